The average molecular weight is 275 g/mol. The van der Waals surface area contributed by atoms with Crippen LogP contribution in [0.1, 0.15) is 56.4 Å². The summed E-state index contributed by atoms with van der Waals surface area (Å²) in [5.41, 5.74) is 4.30. The molecule has 1 saturated heterocycles. The summed E-state index contributed by atoms with van der Waals surface area (Å²) in [6.07, 6.45) is 2.68. The molecule has 1 aromatic carbocycles. The Morgan fingerprint density at radius 3 is 2.45 bits per heavy atom. The molecule has 1 aromatic rings. The lowest BCUT2D eigenvalue weighted by Crippen LogP contribution is -2.42. The van der Waals surface area contributed by atoms with Gasteiger partial charge in [0.2, 0.25) is 0 Å². The van der Waals surface area contributed by atoms with Gasteiger partial charge in [0.1, 0.15) is 0 Å². The van der Waals surface area contributed by atoms with Crippen LogP contribution in [0.15, 0.2) is 18.2 Å². The molecular weight excluding hydrogens is 246 g/mol. The Balaban J connectivity index is 2.18. The number of rotatable bonds is 3. The molecule has 0 amide bonds. The van der Waals surface area contributed by atoms with E-state index in [0.717, 1.165) is 13.2 Å². The zero-order valence-electron chi connectivity index (χ0n) is 13.6. The molecule has 2 atom stereocenters. The molecule has 0 aliphatic carbocycles. The van der Waals surface area contributed by atoms with Crippen LogP contribution in [0.4, 0.5) is 0 Å². The second kappa shape index (κ2) is 6.28. The predicted molar refractivity (Wildman–Crippen MR) is 85.1 cm³/mol. The van der Waals surface area contributed by atoms with Crippen molar-refractivity contribution in [3.8, 4) is 0 Å². The maximum atomic E-state index is 6.16. The number of hydrogen-bond acceptors (Lipinski definition) is 2. The minimum atomic E-state index is 0.169. The Kier molecular flexibility index (Phi) is 4.87. The van der Waals surface area contributed by atoms with Gasteiger partial charge >= 0.3 is 0 Å². The van der Waals surface area contributed by atoms with Gasteiger partial charge < -0.3 is 10.1 Å². The summed E-state index contributed by atoms with van der Waals surface area (Å²) in [5.74, 6) is 0.572. The van der Waals surface area contributed by atoms with Gasteiger partial charge in [-0.3, -0.25) is 0 Å². The standard InChI is InChI=1S/C18H29NO/c1-13-8-6-9-14(2)16(13)17-15(10-7-11-20-17)12-19-18(3,4)5/h6,8-9,15,17,19H,7,10-12H2,1-5H3. The highest BCUT2D eigenvalue weighted by Crippen LogP contribution is 2.36. The van der Waals surface area contributed by atoms with E-state index in [2.05, 4.69) is 58.1 Å². The van der Waals surface area contributed by atoms with Crippen LogP contribution < -0.4 is 5.32 Å². The summed E-state index contributed by atoms with van der Waals surface area (Å²) in [7, 11) is 0. The van der Waals surface area contributed by atoms with Crippen molar-refractivity contribution in [2.75, 3.05) is 13.2 Å². The SMILES string of the molecule is Cc1cccc(C)c1C1OCCCC1CNC(C)(C)C. The fourth-order valence-corrected chi connectivity index (χ4v) is 3.08. The molecule has 1 aliphatic heterocycles. The Bertz CT molecular complexity index is 427. The lowest BCUT2D eigenvalue weighted by Gasteiger charge is -2.36. The van der Waals surface area contributed by atoms with Gasteiger partial charge in [-0.1, -0.05) is 18.2 Å². The lowest BCUT2D eigenvalue weighted by molar-refractivity contribution is -0.0299. The van der Waals surface area contributed by atoms with E-state index in [4.69, 9.17) is 4.74 Å². The molecular formula is C18H29NO. The first-order valence-corrected chi connectivity index (χ1v) is 7.81. The zero-order chi connectivity index (χ0) is 14.8. The number of hydrogen-bond donors (Lipinski definition) is 1. The first-order valence-electron chi connectivity index (χ1n) is 7.81. The Morgan fingerprint density at radius 1 is 1.20 bits per heavy atom. The molecule has 0 saturated carbocycles. The summed E-state index contributed by atoms with van der Waals surface area (Å²) in [5, 5.41) is 3.65. The monoisotopic (exact) mass is 275 g/mol. The van der Waals surface area contributed by atoms with Gasteiger partial charge in [0.15, 0.2) is 0 Å². The van der Waals surface area contributed by atoms with E-state index in [1.54, 1.807) is 0 Å². The fourth-order valence-electron chi connectivity index (χ4n) is 3.08. The summed E-state index contributed by atoms with van der Waals surface area (Å²) < 4.78 is 6.16. The number of benzene rings is 1. The minimum Gasteiger partial charge on any atom is -0.373 e. The molecule has 2 nitrogen and oxygen atoms in total. The molecule has 0 aromatic heterocycles. The van der Waals surface area contributed by atoms with Gasteiger partial charge in [0, 0.05) is 24.6 Å². The van der Waals surface area contributed by atoms with Crippen molar-refractivity contribution in [3.63, 3.8) is 0 Å². The number of aryl methyl sites for hydroxylation is 2. The smallest absolute Gasteiger partial charge is 0.0870 e. The van der Waals surface area contributed by atoms with Gasteiger partial charge in [-0.05, 0) is 64.2 Å². The van der Waals surface area contributed by atoms with Gasteiger partial charge in [0.05, 0.1) is 6.10 Å². The van der Waals surface area contributed by atoms with E-state index in [1.165, 1.54) is 29.5 Å². The molecule has 0 spiro atoms. The van der Waals surface area contributed by atoms with Crippen molar-refractivity contribution in [2.45, 2.75) is 59.1 Å². The average Bonchev–Trinajstić information content (AvgIpc) is 2.36. The first kappa shape index (κ1) is 15.5. The van der Waals surface area contributed by atoms with Crippen molar-refractivity contribution in [1.82, 2.24) is 5.32 Å². The molecule has 1 aliphatic rings. The first-order chi connectivity index (χ1) is 9.38. The van der Waals surface area contributed by atoms with Crippen molar-refractivity contribution < 1.29 is 4.74 Å². The maximum Gasteiger partial charge on any atom is 0.0870 e. The highest BCUT2D eigenvalue weighted by molar-refractivity contribution is 5.36. The van der Waals surface area contributed by atoms with Crippen LogP contribution >= 0.6 is 0 Å². The molecule has 20 heavy (non-hydrogen) atoms. The molecule has 1 fully saturated rings. The van der Waals surface area contributed by atoms with Crippen molar-refractivity contribution >= 4 is 0 Å². The Hall–Kier alpha value is -0.860. The van der Waals surface area contributed by atoms with Gasteiger partial charge in [-0.2, -0.15) is 0 Å². The summed E-state index contributed by atoms with van der Waals surface area (Å²) in [6.45, 7) is 13.0. The Labute approximate surface area is 123 Å². The van der Waals surface area contributed by atoms with E-state index in [0.29, 0.717) is 5.92 Å². The molecule has 112 valence electrons. The van der Waals surface area contributed by atoms with Crippen molar-refractivity contribution in [1.29, 1.82) is 0 Å². The largest absolute Gasteiger partial charge is 0.373 e. The fraction of sp³-hybridized carbons (Fsp3) is 0.667. The zero-order valence-corrected chi connectivity index (χ0v) is 13.6. The third-order valence-corrected chi connectivity index (χ3v) is 4.17. The van der Waals surface area contributed by atoms with E-state index in [-0.39, 0.29) is 11.6 Å². The van der Waals surface area contributed by atoms with Crippen molar-refractivity contribution in [2.24, 2.45) is 5.92 Å². The quantitative estimate of drug-likeness (QED) is 0.894. The van der Waals surface area contributed by atoms with Crippen LogP contribution in [-0.4, -0.2) is 18.7 Å². The van der Waals surface area contributed by atoms with Crippen LogP contribution in [0.2, 0.25) is 0 Å². The molecule has 0 bridgehead atoms. The summed E-state index contributed by atoms with van der Waals surface area (Å²) in [4.78, 5) is 0. The highest BCUT2D eigenvalue weighted by Gasteiger charge is 2.30. The minimum absolute atomic E-state index is 0.169. The number of ether oxygens (including phenoxy) is 1. The summed E-state index contributed by atoms with van der Waals surface area (Å²) in [6, 6.07) is 6.54. The second-order valence-electron chi connectivity index (χ2n) is 7.13. The van der Waals surface area contributed by atoms with Crippen molar-refractivity contribution in [3.05, 3.63) is 34.9 Å². The van der Waals surface area contributed by atoms with E-state index in [9.17, 15) is 0 Å². The number of nitrogens with one attached hydrogen (secondary N) is 1. The topological polar surface area (TPSA) is 21.3 Å². The molecule has 2 heteroatoms. The lowest BCUT2D eigenvalue weighted by atomic mass is 9.85. The molecule has 1 heterocycles. The predicted octanol–water partition coefficient (Wildman–Crippen LogP) is 4.16. The summed E-state index contributed by atoms with van der Waals surface area (Å²) >= 11 is 0. The third kappa shape index (κ3) is 3.83. The van der Waals surface area contributed by atoms with Gasteiger partial charge in [-0.25, -0.2) is 0 Å². The normalized spacial score (nSPS) is 23.9. The highest BCUT2D eigenvalue weighted by atomic mass is 16.5. The molecule has 0 radical (unpaired) electrons. The van der Waals surface area contributed by atoms with Gasteiger partial charge in [-0.15, -0.1) is 0 Å². The van der Waals surface area contributed by atoms with Crippen LogP contribution in [0, 0.1) is 19.8 Å². The molecule has 2 unspecified atom stereocenters. The van der Waals surface area contributed by atoms with Crippen LogP contribution in [-0.2, 0) is 4.74 Å². The van der Waals surface area contributed by atoms with Gasteiger partial charge in [0.25, 0.3) is 0 Å². The molecule has 2 rings (SSSR count). The van der Waals surface area contributed by atoms with E-state index >= 15 is 0 Å². The van der Waals surface area contributed by atoms with E-state index < -0.39 is 0 Å². The van der Waals surface area contributed by atoms with Crippen LogP contribution in [0.25, 0.3) is 0 Å². The third-order valence-electron chi connectivity index (χ3n) is 4.17. The van der Waals surface area contributed by atoms with Crippen LogP contribution in [0.3, 0.4) is 0 Å². The maximum absolute atomic E-state index is 6.16. The Morgan fingerprint density at radius 2 is 1.85 bits per heavy atom. The van der Waals surface area contributed by atoms with Crippen LogP contribution in [0.5, 0.6) is 0 Å². The van der Waals surface area contributed by atoms with E-state index in [1.807, 2.05) is 0 Å². The second-order valence-corrected chi connectivity index (χ2v) is 7.13. The molecule has 1 N–H and O–H groups in total.